The highest BCUT2D eigenvalue weighted by Gasteiger charge is 2.44. The van der Waals surface area contributed by atoms with Gasteiger partial charge >= 0.3 is 15.6 Å². The third-order valence-corrected chi connectivity index (χ3v) is 8.30. The summed E-state index contributed by atoms with van der Waals surface area (Å²) in [5.74, 6) is 2.01. The summed E-state index contributed by atoms with van der Waals surface area (Å²) in [6, 6.07) is 19.2. The zero-order chi connectivity index (χ0) is 30.2. The van der Waals surface area contributed by atoms with Gasteiger partial charge in [0.2, 0.25) is 0 Å². The molecule has 0 saturated heterocycles. The number of hydrogen-bond donors (Lipinski definition) is 1. The Morgan fingerprint density at radius 3 is 1.51 bits per heavy atom. The first kappa shape index (κ1) is 37.3. The van der Waals surface area contributed by atoms with Crippen molar-refractivity contribution in [2.24, 2.45) is 0 Å². The predicted octanol–water partition coefficient (Wildman–Crippen LogP) is 11.0. The number of unbranched alkanes of at least 4 members (excludes halogenated alkanes) is 15. The fourth-order valence-electron chi connectivity index (χ4n) is 4.21. The molecule has 0 aliphatic heterocycles. The summed E-state index contributed by atoms with van der Waals surface area (Å²) >= 11 is 1.88. The minimum absolute atomic E-state index is 0.842. The van der Waals surface area contributed by atoms with Crippen molar-refractivity contribution >= 4 is 21.9 Å². The molecule has 0 heterocycles. The summed E-state index contributed by atoms with van der Waals surface area (Å²) in [6.45, 7) is 3.14. The van der Waals surface area contributed by atoms with Crippen molar-refractivity contribution in [1.29, 1.82) is 0 Å². The van der Waals surface area contributed by atoms with Crippen LogP contribution in [0.1, 0.15) is 115 Å². The standard InChI is InChI=1S/C31H48OS.CHF3O3S/c1-2-3-4-5-6-7-8-9-10-11-12-13-14-15-16-20-27-32-30-23-25-31(26-24-30)33-28-29-21-18-17-19-22-29;2-1(3,4)8(5,6)7/h17-19,21-26H,2-16,20,27-28H2,1H3;(H,5,6,7). The molecular formula is C32H49F3O4S2. The Labute approximate surface area is 250 Å². The molecule has 2 rings (SSSR count). The molecule has 1 N–H and O–H groups in total. The number of thioether (sulfide) groups is 1. The topological polar surface area (TPSA) is 63.6 Å². The lowest BCUT2D eigenvalue weighted by atomic mass is 10.0. The molecule has 4 nitrogen and oxygen atoms in total. The second-order valence-corrected chi connectivity index (χ2v) is 12.8. The van der Waals surface area contributed by atoms with E-state index in [9.17, 15) is 13.2 Å². The Hall–Kier alpha value is -1.71. The maximum Gasteiger partial charge on any atom is 0.522 e. The van der Waals surface area contributed by atoms with E-state index in [1.807, 2.05) is 11.8 Å². The van der Waals surface area contributed by atoms with Crippen molar-refractivity contribution in [3.63, 3.8) is 0 Å². The normalized spacial score (nSPS) is 11.6. The van der Waals surface area contributed by atoms with Gasteiger partial charge in [-0.15, -0.1) is 11.8 Å². The maximum absolute atomic E-state index is 10.7. The monoisotopic (exact) mass is 618 g/mol. The van der Waals surface area contributed by atoms with Crippen LogP contribution in [0.25, 0.3) is 0 Å². The molecule has 0 aromatic heterocycles. The Morgan fingerprint density at radius 2 is 1.10 bits per heavy atom. The highest BCUT2D eigenvalue weighted by molar-refractivity contribution is 7.98. The molecule has 0 radical (unpaired) electrons. The third kappa shape index (κ3) is 20.8. The number of benzene rings is 2. The van der Waals surface area contributed by atoms with E-state index in [2.05, 4.69) is 61.5 Å². The van der Waals surface area contributed by atoms with E-state index in [0.29, 0.717) is 0 Å². The van der Waals surface area contributed by atoms with E-state index >= 15 is 0 Å². The van der Waals surface area contributed by atoms with Crippen molar-refractivity contribution in [3.8, 4) is 5.75 Å². The molecule has 234 valence electrons. The molecule has 0 fully saturated rings. The van der Waals surface area contributed by atoms with Gasteiger partial charge in [0.1, 0.15) is 5.75 Å². The minimum Gasteiger partial charge on any atom is -0.494 e. The van der Waals surface area contributed by atoms with Crippen LogP contribution in [-0.2, 0) is 15.9 Å². The average molecular weight is 619 g/mol. The Kier molecular flexibility index (Phi) is 20.8. The molecule has 9 heteroatoms. The van der Waals surface area contributed by atoms with E-state index in [0.717, 1.165) is 18.1 Å². The van der Waals surface area contributed by atoms with Crippen LogP contribution < -0.4 is 4.74 Å². The van der Waals surface area contributed by atoms with Crippen LogP contribution in [-0.4, -0.2) is 25.1 Å². The molecule has 0 aliphatic rings. The van der Waals surface area contributed by atoms with E-state index in [4.69, 9.17) is 17.7 Å². The summed E-state index contributed by atoms with van der Waals surface area (Å²) in [5, 5.41) is 0. The molecule has 0 atom stereocenters. The Bertz CT molecular complexity index is 982. The van der Waals surface area contributed by atoms with Gasteiger partial charge in [0.05, 0.1) is 6.61 Å². The summed E-state index contributed by atoms with van der Waals surface area (Å²) < 4.78 is 63.5. The van der Waals surface area contributed by atoms with Gasteiger partial charge < -0.3 is 4.74 Å². The van der Waals surface area contributed by atoms with E-state index in [1.165, 1.54) is 113 Å². The highest BCUT2D eigenvalue weighted by atomic mass is 32.2. The van der Waals surface area contributed by atoms with Crippen molar-refractivity contribution < 1.29 is 30.9 Å². The quantitative estimate of drug-likeness (QED) is 0.0652. The maximum atomic E-state index is 10.7. The van der Waals surface area contributed by atoms with Gasteiger partial charge in [0.15, 0.2) is 0 Å². The molecule has 0 amide bonds. The summed E-state index contributed by atoms with van der Waals surface area (Å²) in [5.41, 5.74) is -4.17. The summed E-state index contributed by atoms with van der Waals surface area (Å²) in [4.78, 5) is 1.30. The lowest BCUT2D eigenvalue weighted by Gasteiger charge is -2.08. The Balaban J connectivity index is 0.000000915. The highest BCUT2D eigenvalue weighted by Crippen LogP contribution is 2.25. The third-order valence-electron chi connectivity index (χ3n) is 6.63. The first-order valence-electron chi connectivity index (χ1n) is 15.1. The van der Waals surface area contributed by atoms with Crippen molar-refractivity contribution in [3.05, 3.63) is 60.2 Å². The van der Waals surface area contributed by atoms with Crippen molar-refractivity contribution in [2.75, 3.05) is 6.61 Å². The second kappa shape index (κ2) is 22.8. The molecule has 0 bridgehead atoms. The minimum atomic E-state index is -5.84. The molecule has 2 aromatic rings. The number of alkyl halides is 3. The lowest BCUT2D eigenvalue weighted by molar-refractivity contribution is -0.0510. The van der Waals surface area contributed by atoms with Crippen LogP contribution in [0.15, 0.2) is 59.5 Å². The summed E-state index contributed by atoms with van der Waals surface area (Å²) in [6.07, 6.45) is 22.5. The van der Waals surface area contributed by atoms with Crippen LogP contribution in [0.3, 0.4) is 0 Å². The van der Waals surface area contributed by atoms with Gasteiger partial charge in [-0.3, -0.25) is 4.55 Å². The molecular weight excluding hydrogens is 569 g/mol. The van der Waals surface area contributed by atoms with Crippen LogP contribution in [0.2, 0.25) is 0 Å². The second-order valence-electron chi connectivity index (χ2n) is 10.3. The van der Waals surface area contributed by atoms with Gasteiger partial charge in [0.25, 0.3) is 0 Å². The van der Waals surface area contributed by atoms with Crippen LogP contribution >= 0.6 is 11.8 Å². The SMILES string of the molecule is CCCCCCCCCCCCCCCCCCOc1ccc(SCc2ccccc2)cc1.O=S(=O)(O)C(F)(F)F. The number of ether oxygens (including phenoxy) is 1. The molecule has 0 aliphatic carbocycles. The molecule has 2 aromatic carbocycles. The van der Waals surface area contributed by atoms with Crippen LogP contribution in [0, 0.1) is 0 Å². The predicted molar refractivity (Wildman–Crippen MR) is 165 cm³/mol. The molecule has 0 saturated carbocycles. The van der Waals surface area contributed by atoms with Crippen molar-refractivity contribution in [1.82, 2.24) is 0 Å². The Morgan fingerprint density at radius 1 is 0.683 bits per heavy atom. The molecule has 41 heavy (non-hydrogen) atoms. The number of rotatable bonds is 21. The summed E-state index contributed by atoms with van der Waals surface area (Å²) in [7, 11) is -5.84. The fourth-order valence-corrected chi connectivity index (χ4v) is 5.07. The van der Waals surface area contributed by atoms with Crippen LogP contribution in [0.5, 0.6) is 5.75 Å². The van der Waals surface area contributed by atoms with Gasteiger partial charge in [-0.05, 0) is 36.2 Å². The van der Waals surface area contributed by atoms with E-state index in [-0.39, 0.29) is 0 Å². The molecule has 0 spiro atoms. The zero-order valence-electron chi connectivity index (χ0n) is 24.5. The van der Waals surface area contributed by atoms with Crippen molar-refractivity contribution in [2.45, 2.75) is 126 Å². The average Bonchev–Trinajstić information content (AvgIpc) is 2.94. The van der Waals surface area contributed by atoms with Gasteiger partial charge in [0, 0.05) is 10.6 Å². The largest absolute Gasteiger partial charge is 0.522 e. The smallest absolute Gasteiger partial charge is 0.494 e. The van der Waals surface area contributed by atoms with Gasteiger partial charge in [-0.2, -0.15) is 21.6 Å². The number of hydrogen-bond acceptors (Lipinski definition) is 4. The van der Waals surface area contributed by atoms with Crippen LogP contribution in [0.4, 0.5) is 13.2 Å². The zero-order valence-corrected chi connectivity index (χ0v) is 26.2. The van der Waals surface area contributed by atoms with E-state index < -0.39 is 15.6 Å². The number of halogens is 3. The van der Waals surface area contributed by atoms with E-state index in [1.54, 1.807) is 0 Å². The first-order chi connectivity index (χ1) is 19.6. The van der Waals surface area contributed by atoms with Gasteiger partial charge in [-0.25, -0.2) is 0 Å². The fraction of sp³-hybridized carbons (Fsp3) is 0.625. The lowest BCUT2D eigenvalue weighted by Crippen LogP contribution is -2.21. The first-order valence-corrected chi connectivity index (χ1v) is 17.5. The molecule has 0 unspecified atom stereocenters. The van der Waals surface area contributed by atoms with Gasteiger partial charge in [-0.1, -0.05) is 134 Å².